The highest BCUT2D eigenvalue weighted by atomic mass is 19.1. The lowest BCUT2D eigenvalue weighted by Gasteiger charge is -2.20. The first-order valence-corrected chi connectivity index (χ1v) is 10.4. The predicted molar refractivity (Wildman–Crippen MR) is 117 cm³/mol. The largest absolute Gasteiger partial charge is 0.507 e. The molecule has 0 aromatic heterocycles. The number of phenols is 1. The summed E-state index contributed by atoms with van der Waals surface area (Å²) in [5, 5.41) is 32.6. The monoisotopic (exact) mass is 437 g/mol. The number of rotatable bonds is 7. The van der Waals surface area contributed by atoms with Gasteiger partial charge in [0.15, 0.2) is 0 Å². The van der Waals surface area contributed by atoms with Crippen LogP contribution in [0, 0.1) is 5.82 Å². The molecule has 2 atom stereocenters. The van der Waals surface area contributed by atoms with Crippen LogP contribution < -0.4 is 5.32 Å². The molecule has 0 heterocycles. The number of nitrogens with one attached hydrogen (secondary N) is 1. The van der Waals surface area contributed by atoms with E-state index < -0.39 is 29.9 Å². The molecule has 0 spiro atoms. The fourth-order valence-electron chi connectivity index (χ4n) is 4.14. The summed E-state index contributed by atoms with van der Waals surface area (Å²) in [6, 6.07) is 19.6. The molecule has 166 valence electrons. The van der Waals surface area contributed by atoms with E-state index in [9.17, 15) is 24.5 Å². The second kappa shape index (κ2) is 9.38. The van der Waals surface area contributed by atoms with E-state index in [0.29, 0.717) is 0 Å². The zero-order valence-corrected chi connectivity index (χ0v) is 17.2. The van der Waals surface area contributed by atoms with E-state index in [1.807, 2.05) is 48.5 Å². The number of benzene rings is 3. The summed E-state index contributed by atoms with van der Waals surface area (Å²) >= 11 is 0. The van der Waals surface area contributed by atoms with E-state index in [4.69, 9.17) is 4.74 Å². The molecule has 7 heteroatoms. The molecule has 0 saturated carbocycles. The number of fused-ring (bicyclic) bond motifs is 3. The van der Waals surface area contributed by atoms with Gasteiger partial charge in [-0.3, -0.25) is 0 Å². The minimum Gasteiger partial charge on any atom is -0.507 e. The second-order valence-electron chi connectivity index (χ2n) is 7.73. The Kier molecular flexibility index (Phi) is 6.39. The topological polar surface area (TPSA) is 99.0 Å². The quantitative estimate of drug-likeness (QED) is 0.450. The van der Waals surface area contributed by atoms with E-state index in [2.05, 4.69) is 5.32 Å². The summed E-state index contributed by atoms with van der Waals surface area (Å²) in [4.78, 5) is 12.2. The molecule has 3 aromatic rings. The van der Waals surface area contributed by atoms with Crippen LogP contribution in [0.5, 0.6) is 5.75 Å². The van der Waals surface area contributed by atoms with Crippen LogP contribution in [0.15, 0.2) is 66.7 Å². The van der Waals surface area contributed by atoms with Crippen molar-refractivity contribution in [3.63, 3.8) is 0 Å². The van der Waals surface area contributed by atoms with Crippen molar-refractivity contribution in [2.75, 3.05) is 13.2 Å². The number of aliphatic hydroxyl groups is 2. The van der Waals surface area contributed by atoms with Crippen LogP contribution in [0.2, 0.25) is 0 Å². The van der Waals surface area contributed by atoms with Crippen LogP contribution in [-0.2, 0) is 4.74 Å². The average molecular weight is 437 g/mol. The molecule has 0 bridgehead atoms. The number of ether oxygens (including phenoxy) is 1. The van der Waals surface area contributed by atoms with Crippen molar-refractivity contribution < 1.29 is 29.2 Å². The molecule has 32 heavy (non-hydrogen) atoms. The zero-order valence-electron chi connectivity index (χ0n) is 17.2. The molecule has 4 N–H and O–H groups in total. The highest BCUT2D eigenvalue weighted by Crippen LogP contribution is 2.44. The van der Waals surface area contributed by atoms with Gasteiger partial charge >= 0.3 is 6.09 Å². The van der Waals surface area contributed by atoms with Crippen molar-refractivity contribution in [2.45, 2.75) is 24.5 Å². The van der Waals surface area contributed by atoms with E-state index in [0.717, 1.165) is 28.3 Å². The lowest BCUT2D eigenvalue weighted by molar-refractivity contribution is 0.0103. The number of phenolic OH excluding ortho intramolecular Hbond substituents is 1. The first-order valence-electron chi connectivity index (χ1n) is 10.4. The van der Waals surface area contributed by atoms with Crippen LogP contribution in [0.4, 0.5) is 9.18 Å². The van der Waals surface area contributed by atoms with E-state index in [1.165, 1.54) is 12.1 Å². The normalized spacial score (nSPS) is 14.3. The van der Waals surface area contributed by atoms with Gasteiger partial charge in [0.1, 0.15) is 24.3 Å². The number of halogens is 1. The smallest absolute Gasteiger partial charge is 0.407 e. The summed E-state index contributed by atoms with van der Waals surface area (Å²) in [6.45, 7) is 0.165. The van der Waals surface area contributed by atoms with Gasteiger partial charge in [0, 0.05) is 12.5 Å². The highest BCUT2D eigenvalue weighted by molar-refractivity contribution is 5.79. The van der Waals surface area contributed by atoms with Crippen LogP contribution >= 0.6 is 0 Å². The van der Waals surface area contributed by atoms with E-state index in [-0.39, 0.29) is 31.1 Å². The number of carbonyl (C=O) groups excluding carboxylic acids is 1. The number of hydrogen-bond acceptors (Lipinski definition) is 5. The van der Waals surface area contributed by atoms with Crippen molar-refractivity contribution in [1.29, 1.82) is 0 Å². The van der Waals surface area contributed by atoms with Gasteiger partial charge < -0.3 is 25.4 Å². The fourth-order valence-corrected chi connectivity index (χ4v) is 4.14. The predicted octanol–water partition coefficient (Wildman–Crippen LogP) is 3.85. The lowest BCUT2D eigenvalue weighted by Crippen LogP contribution is -2.31. The van der Waals surface area contributed by atoms with Crippen molar-refractivity contribution >= 4 is 6.09 Å². The van der Waals surface area contributed by atoms with Gasteiger partial charge in [-0.25, -0.2) is 9.18 Å². The molecule has 0 saturated heterocycles. The summed E-state index contributed by atoms with van der Waals surface area (Å²) in [5.74, 6) is -1.33. The van der Waals surface area contributed by atoms with Gasteiger partial charge in [0.25, 0.3) is 0 Å². The highest BCUT2D eigenvalue weighted by Gasteiger charge is 2.29. The molecule has 2 unspecified atom stereocenters. The SMILES string of the molecule is O=C(NCCC(O)C(O)c1c(O)cccc1F)OCC1c2ccccc2-c2ccccc21. The van der Waals surface area contributed by atoms with Gasteiger partial charge in [-0.05, 0) is 40.8 Å². The molecule has 3 aromatic carbocycles. The maximum absolute atomic E-state index is 13.9. The van der Waals surface area contributed by atoms with Crippen molar-refractivity contribution in [1.82, 2.24) is 5.32 Å². The zero-order chi connectivity index (χ0) is 22.7. The Morgan fingerprint density at radius 2 is 1.59 bits per heavy atom. The molecule has 6 nitrogen and oxygen atoms in total. The Balaban J connectivity index is 1.30. The van der Waals surface area contributed by atoms with Gasteiger partial charge in [-0.1, -0.05) is 54.6 Å². The fraction of sp³-hybridized carbons (Fsp3) is 0.240. The lowest BCUT2D eigenvalue weighted by atomic mass is 9.98. The van der Waals surface area contributed by atoms with E-state index in [1.54, 1.807) is 0 Å². The maximum atomic E-state index is 13.9. The van der Waals surface area contributed by atoms with Crippen LogP contribution in [0.25, 0.3) is 11.1 Å². The van der Waals surface area contributed by atoms with Crippen molar-refractivity contribution in [3.8, 4) is 16.9 Å². The number of hydrogen-bond donors (Lipinski definition) is 4. The number of amides is 1. The summed E-state index contributed by atoms with van der Waals surface area (Å²) in [7, 11) is 0. The Morgan fingerprint density at radius 3 is 2.22 bits per heavy atom. The van der Waals surface area contributed by atoms with Gasteiger partial charge in [-0.15, -0.1) is 0 Å². The summed E-state index contributed by atoms with van der Waals surface area (Å²) in [6.07, 6.45) is -3.71. The Bertz CT molecular complexity index is 1050. The first-order chi connectivity index (χ1) is 15.5. The number of aromatic hydroxyl groups is 1. The number of carbonyl (C=O) groups is 1. The Hall–Kier alpha value is -3.42. The average Bonchev–Trinajstić information content (AvgIpc) is 3.11. The second-order valence-corrected chi connectivity index (χ2v) is 7.73. The third kappa shape index (κ3) is 4.30. The molecular formula is C25H24FNO5. The Morgan fingerprint density at radius 1 is 0.969 bits per heavy atom. The molecule has 1 aliphatic carbocycles. The minimum atomic E-state index is -1.62. The van der Waals surface area contributed by atoms with Gasteiger partial charge in [-0.2, -0.15) is 0 Å². The van der Waals surface area contributed by atoms with Gasteiger partial charge in [0.05, 0.1) is 11.7 Å². The van der Waals surface area contributed by atoms with Crippen LogP contribution in [0.3, 0.4) is 0 Å². The van der Waals surface area contributed by atoms with Crippen LogP contribution in [0.1, 0.15) is 35.1 Å². The van der Waals surface area contributed by atoms with Gasteiger partial charge in [0.2, 0.25) is 0 Å². The summed E-state index contributed by atoms with van der Waals surface area (Å²) < 4.78 is 19.3. The molecule has 1 aliphatic rings. The molecule has 0 aliphatic heterocycles. The molecule has 0 fully saturated rings. The molecule has 4 rings (SSSR count). The third-order valence-electron chi connectivity index (χ3n) is 5.74. The Labute approximate surface area is 184 Å². The number of aliphatic hydroxyl groups excluding tert-OH is 2. The molecular weight excluding hydrogens is 413 g/mol. The number of alkyl carbamates (subject to hydrolysis) is 1. The maximum Gasteiger partial charge on any atom is 0.407 e. The summed E-state index contributed by atoms with van der Waals surface area (Å²) in [5.41, 5.74) is 4.09. The first kappa shape index (κ1) is 21.8. The third-order valence-corrected chi connectivity index (χ3v) is 5.74. The minimum absolute atomic E-state index is 0.00408. The van der Waals surface area contributed by atoms with Crippen molar-refractivity contribution in [3.05, 3.63) is 89.2 Å². The molecule has 0 radical (unpaired) electrons. The van der Waals surface area contributed by atoms with Crippen LogP contribution in [-0.4, -0.2) is 40.7 Å². The van der Waals surface area contributed by atoms with Crippen molar-refractivity contribution in [2.24, 2.45) is 0 Å². The standard InChI is InChI=1S/C25H24FNO5/c26-20-10-5-11-21(28)23(20)24(30)22(29)12-13-27-25(31)32-14-19-17-8-3-1-6-15(17)16-7-2-4-9-18(16)19/h1-11,19,22,24,28-30H,12-14H2,(H,27,31). The van der Waals surface area contributed by atoms with E-state index >= 15 is 0 Å². The molecule has 1 amide bonds.